The van der Waals surface area contributed by atoms with Crippen LogP contribution in [-0.2, 0) is 4.74 Å². The first-order valence-corrected chi connectivity index (χ1v) is 10.1. The molecule has 27 heavy (non-hydrogen) atoms. The summed E-state index contributed by atoms with van der Waals surface area (Å²) in [5.74, 6) is 1.32. The molecule has 5 nitrogen and oxygen atoms in total. The Balaban J connectivity index is 1.82. The molecule has 0 bridgehead atoms. The number of halogens is 1. The summed E-state index contributed by atoms with van der Waals surface area (Å²) in [4.78, 5) is 18.0. The molecule has 1 aliphatic heterocycles. The van der Waals surface area contributed by atoms with E-state index in [1.165, 1.54) is 11.8 Å². The van der Waals surface area contributed by atoms with E-state index in [2.05, 4.69) is 0 Å². The van der Waals surface area contributed by atoms with Crippen molar-refractivity contribution in [1.82, 2.24) is 9.55 Å². The highest BCUT2D eigenvalue weighted by Gasteiger charge is 2.19. The van der Waals surface area contributed by atoms with Crippen molar-refractivity contribution < 1.29 is 9.47 Å². The zero-order chi connectivity index (χ0) is 18.8. The molecule has 0 unspecified atom stereocenters. The lowest BCUT2D eigenvalue weighted by Gasteiger charge is -2.15. The van der Waals surface area contributed by atoms with Gasteiger partial charge in [-0.2, -0.15) is 0 Å². The monoisotopic (exact) mass is 402 g/mol. The summed E-state index contributed by atoms with van der Waals surface area (Å²) < 4.78 is 12.6. The second kappa shape index (κ2) is 7.92. The van der Waals surface area contributed by atoms with E-state index in [-0.39, 0.29) is 11.7 Å². The molecule has 0 radical (unpaired) electrons. The number of aromatic nitrogens is 2. The molecule has 0 N–H and O–H groups in total. The lowest BCUT2D eigenvalue weighted by Crippen LogP contribution is -2.22. The molecular weight excluding hydrogens is 384 g/mol. The molecule has 0 spiro atoms. The zero-order valence-electron chi connectivity index (χ0n) is 14.9. The van der Waals surface area contributed by atoms with Gasteiger partial charge in [-0.05, 0) is 43.2 Å². The Labute approximate surface area is 166 Å². The molecule has 3 aromatic rings. The second-order valence-electron chi connectivity index (χ2n) is 6.32. The van der Waals surface area contributed by atoms with Gasteiger partial charge < -0.3 is 9.47 Å². The van der Waals surface area contributed by atoms with E-state index in [0.717, 1.165) is 25.2 Å². The van der Waals surface area contributed by atoms with E-state index >= 15 is 0 Å². The van der Waals surface area contributed by atoms with Crippen molar-refractivity contribution in [3.05, 3.63) is 57.8 Å². The minimum atomic E-state index is -0.114. The molecule has 1 aromatic heterocycles. The summed E-state index contributed by atoms with van der Waals surface area (Å²) in [5, 5.41) is 1.66. The summed E-state index contributed by atoms with van der Waals surface area (Å²) in [6, 6.07) is 12.7. The van der Waals surface area contributed by atoms with Crippen LogP contribution in [0.15, 0.2) is 52.4 Å². The van der Waals surface area contributed by atoms with Crippen molar-refractivity contribution in [2.45, 2.75) is 24.1 Å². The van der Waals surface area contributed by atoms with Crippen LogP contribution in [0.3, 0.4) is 0 Å². The quantitative estimate of drug-likeness (QED) is 0.470. The number of para-hydroxylation sites is 1. The lowest BCUT2D eigenvalue weighted by atomic mass is 10.2. The van der Waals surface area contributed by atoms with Gasteiger partial charge in [0.2, 0.25) is 0 Å². The third-order valence-corrected chi connectivity index (χ3v) is 5.93. The van der Waals surface area contributed by atoms with Crippen LogP contribution in [0.5, 0.6) is 5.75 Å². The predicted octanol–water partition coefficient (Wildman–Crippen LogP) is 4.32. The van der Waals surface area contributed by atoms with Gasteiger partial charge in [-0.1, -0.05) is 35.5 Å². The van der Waals surface area contributed by atoms with Crippen molar-refractivity contribution >= 4 is 34.3 Å². The van der Waals surface area contributed by atoms with Gasteiger partial charge in [-0.15, -0.1) is 0 Å². The predicted molar refractivity (Wildman–Crippen MR) is 109 cm³/mol. The van der Waals surface area contributed by atoms with Crippen LogP contribution in [-0.4, -0.2) is 35.1 Å². The van der Waals surface area contributed by atoms with E-state index in [1.54, 1.807) is 29.9 Å². The first-order valence-electron chi connectivity index (χ1n) is 8.77. The van der Waals surface area contributed by atoms with E-state index in [4.69, 9.17) is 26.1 Å². The zero-order valence-corrected chi connectivity index (χ0v) is 16.4. The van der Waals surface area contributed by atoms with Crippen LogP contribution < -0.4 is 10.3 Å². The Morgan fingerprint density at radius 3 is 2.93 bits per heavy atom. The number of methoxy groups -OCH3 is 1. The third-order valence-electron chi connectivity index (χ3n) is 4.56. The van der Waals surface area contributed by atoms with Crippen molar-refractivity contribution in [3.8, 4) is 11.4 Å². The largest absolute Gasteiger partial charge is 0.495 e. The molecule has 7 heteroatoms. The van der Waals surface area contributed by atoms with Crippen molar-refractivity contribution in [3.63, 3.8) is 0 Å². The number of ether oxygens (including phenoxy) is 2. The van der Waals surface area contributed by atoms with Gasteiger partial charge in [0.15, 0.2) is 5.16 Å². The maximum absolute atomic E-state index is 13.2. The Morgan fingerprint density at radius 1 is 1.33 bits per heavy atom. The summed E-state index contributed by atoms with van der Waals surface area (Å²) in [5.41, 5.74) is 1.24. The summed E-state index contributed by atoms with van der Waals surface area (Å²) in [6.07, 6.45) is 2.32. The second-order valence-corrected chi connectivity index (χ2v) is 7.71. The molecule has 1 fully saturated rings. The van der Waals surface area contributed by atoms with Crippen LogP contribution >= 0.6 is 23.4 Å². The van der Waals surface area contributed by atoms with Gasteiger partial charge in [0.1, 0.15) is 5.75 Å². The van der Waals surface area contributed by atoms with Gasteiger partial charge in [-0.3, -0.25) is 9.36 Å². The lowest BCUT2D eigenvalue weighted by molar-refractivity contribution is 0.129. The number of nitrogens with zero attached hydrogens (tertiary/aromatic N) is 2. The van der Waals surface area contributed by atoms with Crippen LogP contribution in [0.25, 0.3) is 16.6 Å². The van der Waals surface area contributed by atoms with Crippen molar-refractivity contribution in [1.29, 1.82) is 0 Å². The van der Waals surface area contributed by atoms with Crippen molar-refractivity contribution in [2.75, 3.05) is 19.5 Å². The van der Waals surface area contributed by atoms with E-state index < -0.39 is 0 Å². The van der Waals surface area contributed by atoms with Gasteiger partial charge in [0, 0.05) is 12.4 Å². The molecule has 1 atom stereocenters. The first-order chi connectivity index (χ1) is 13.2. The Morgan fingerprint density at radius 2 is 2.19 bits per heavy atom. The average Bonchev–Trinajstić information content (AvgIpc) is 3.20. The fourth-order valence-electron chi connectivity index (χ4n) is 3.17. The number of fused-ring (bicyclic) bond motifs is 1. The molecular formula is C20H19ClN2O3S. The fraction of sp³-hybridized carbons (Fsp3) is 0.300. The molecule has 0 amide bonds. The Hall–Kier alpha value is -2.02. The average molecular weight is 403 g/mol. The standard InChI is InChI=1S/C20H19ClN2O3S/c1-25-18-9-8-13(11-16(18)21)23-19(24)15-6-2-3-7-17(15)22-20(23)27-12-14-5-4-10-26-14/h2-3,6-9,11,14H,4-5,10,12H2,1H3/t14-/m0/s1. The number of rotatable bonds is 5. The molecule has 1 saturated heterocycles. The van der Waals surface area contributed by atoms with Crippen LogP contribution in [0.1, 0.15) is 12.8 Å². The van der Waals surface area contributed by atoms with Crippen LogP contribution in [0.2, 0.25) is 5.02 Å². The van der Waals surface area contributed by atoms with Crippen LogP contribution in [0, 0.1) is 0 Å². The number of benzene rings is 2. The molecule has 0 aliphatic carbocycles. The Bertz CT molecular complexity index is 1030. The molecule has 4 rings (SSSR count). The first kappa shape index (κ1) is 18.3. The molecule has 2 aromatic carbocycles. The highest BCUT2D eigenvalue weighted by atomic mass is 35.5. The van der Waals surface area contributed by atoms with Crippen molar-refractivity contribution in [2.24, 2.45) is 0 Å². The molecule has 1 aliphatic rings. The highest BCUT2D eigenvalue weighted by Crippen LogP contribution is 2.29. The van der Waals surface area contributed by atoms with E-state index in [1.807, 2.05) is 24.3 Å². The molecule has 2 heterocycles. The highest BCUT2D eigenvalue weighted by molar-refractivity contribution is 7.99. The maximum atomic E-state index is 13.2. The minimum Gasteiger partial charge on any atom is -0.495 e. The maximum Gasteiger partial charge on any atom is 0.266 e. The summed E-state index contributed by atoms with van der Waals surface area (Å²) >= 11 is 7.83. The van der Waals surface area contributed by atoms with Gasteiger partial charge in [0.25, 0.3) is 5.56 Å². The minimum absolute atomic E-state index is 0.114. The van der Waals surface area contributed by atoms with Gasteiger partial charge >= 0.3 is 0 Å². The fourth-order valence-corrected chi connectivity index (χ4v) is 4.50. The number of hydrogen-bond donors (Lipinski definition) is 0. The van der Waals surface area contributed by atoms with Gasteiger partial charge in [-0.25, -0.2) is 4.98 Å². The molecule has 140 valence electrons. The van der Waals surface area contributed by atoms with E-state index in [9.17, 15) is 4.79 Å². The Kier molecular flexibility index (Phi) is 5.38. The summed E-state index contributed by atoms with van der Waals surface area (Å²) in [7, 11) is 1.56. The normalized spacial score (nSPS) is 16.7. The number of hydrogen-bond acceptors (Lipinski definition) is 5. The van der Waals surface area contributed by atoms with Gasteiger partial charge in [0.05, 0.1) is 34.8 Å². The molecule has 0 saturated carbocycles. The van der Waals surface area contributed by atoms with Crippen LogP contribution in [0.4, 0.5) is 0 Å². The smallest absolute Gasteiger partial charge is 0.266 e. The topological polar surface area (TPSA) is 53.4 Å². The number of thioether (sulfide) groups is 1. The summed E-state index contributed by atoms with van der Waals surface area (Å²) in [6.45, 7) is 0.803. The SMILES string of the molecule is COc1ccc(-n2c(SC[C@@H]3CCCO3)nc3ccccc3c2=O)cc1Cl. The van der Waals surface area contributed by atoms with E-state index in [0.29, 0.717) is 32.5 Å². The third kappa shape index (κ3) is 3.70.